The number of rotatable bonds is 7. The van der Waals surface area contributed by atoms with Crippen LogP contribution in [0, 0.1) is 6.92 Å². The molecular formula is C22H32N4OS. The Morgan fingerprint density at radius 3 is 2.71 bits per heavy atom. The highest BCUT2D eigenvalue weighted by Crippen LogP contribution is 2.19. The van der Waals surface area contributed by atoms with Crippen LogP contribution in [0.5, 0.6) is 5.75 Å². The number of hydrogen-bond donors (Lipinski definition) is 2. The van der Waals surface area contributed by atoms with E-state index in [1.54, 1.807) is 11.3 Å². The van der Waals surface area contributed by atoms with Gasteiger partial charge in [-0.3, -0.25) is 9.89 Å². The number of piperidine rings is 1. The van der Waals surface area contributed by atoms with Crippen LogP contribution in [0.2, 0.25) is 0 Å². The third-order valence-electron chi connectivity index (χ3n) is 5.14. The predicted octanol–water partition coefficient (Wildman–Crippen LogP) is 3.78. The first kappa shape index (κ1) is 20.7. The second-order valence-corrected chi connectivity index (χ2v) is 8.07. The van der Waals surface area contributed by atoms with E-state index in [-0.39, 0.29) is 0 Å². The van der Waals surface area contributed by atoms with Crippen LogP contribution < -0.4 is 15.4 Å². The molecule has 2 aromatic rings. The number of aliphatic imine (C=N–C) groups is 1. The van der Waals surface area contributed by atoms with Gasteiger partial charge < -0.3 is 15.4 Å². The zero-order valence-electron chi connectivity index (χ0n) is 17.2. The van der Waals surface area contributed by atoms with Gasteiger partial charge >= 0.3 is 0 Å². The van der Waals surface area contributed by atoms with E-state index in [1.165, 1.54) is 16.7 Å². The Hall–Kier alpha value is -2.05. The summed E-state index contributed by atoms with van der Waals surface area (Å²) in [4.78, 5) is 6.94. The van der Waals surface area contributed by atoms with E-state index >= 15 is 0 Å². The SMILES string of the molecule is CCOc1ccc(CNC(=NC)NC2CCN(Cc3ccsc3)CC2)cc1C. The fourth-order valence-electron chi connectivity index (χ4n) is 3.59. The highest BCUT2D eigenvalue weighted by molar-refractivity contribution is 7.07. The van der Waals surface area contributed by atoms with Crippen LogP contribution >= 0.6 is 11.3 Å². The molecule has 1 fully saturated rings. The molecule has 0 saturated carbocycles. The number of benzene rings is 1. The Morgan fingerprint density at radius 1 is 1.25 bits per heavy atom. The smallest absolute Gasteiger partial charge is 0.191 e. The normalized spacial score (nSPS) is 16.2. The lowest BCUT2D eigenvalue weighted by atomic mass is 10.0. The molecular weight excluding hydrogens is 368 g/mol. The number of ether oxygens (including phenoxy) is 1. The standard InChI is InChI=1S/C22H32N4OS/c1-4-27-21-6-5-18(13-17(21)2)14-24-22(23-3)25-20-7-10-26(11-8-20)15-19-9-12-28-16-19/h5-6,9,12-13,16,20H,4,7-8,10-11,14-15H2,1-3H3,(H2,23,24,25). The third-order valence-corrected chi connectivity index (χ3v) is 5.87. The number of guanidine groups is 1. The Labute approximate surface area is 172 Å². The van der Waals surface area contributed by atoms with Gasteiger partial charge in [0.05, 0.1) is 6.61 Å². The highest BCUT2D eigenvalue weighted by atomic mass is 32.1. The van der Waals surface area contributed by atoms with E-state index < -0.39 is 0 Å². The zero-order chi connectivity index (χ0) is 19.8. The van der Waals surface area contributed by atoms with Crippen molar-refractivity contribution in [2.24, 2.45) is 4.99 Å². The predicted molar refractivity (Wildman–Crippen MR) is 118 cm³/mol. The molecule has 1 aromatic heterocycles. The molecule has 0 amide bonds. The lowest BCUT2D eigenvalue weighted by Crippen LogP contribution is -2.48. The summed E-state index contributed by atoms with van der Waals surface area (Å²) in [5.41, 5.74) is 3.83. The largest absolute Gasteiger partial charge is 0.494 e. The van der Waals surface area contributed by atoms with Gasteiger partial charge in [0, 0.05) is 39.3 Å². The van der Waals surface area contributed by atoms with Crippen molar-refractivity contribution in [1.82, 2.24) is 15.5 Å². The van der Waals surface area contributed by atoms with E-state index in [2.05, 4.69) is 62.5 Å². The monoisotopic (exact) mass is 400 g/mol. The van der Waals surface area contributed by atoms with Gasteiger partial charge in [-0.1, -0.05) is 12.1 Å². The Morgan fingerprint density at radius 2 is 2.07 bits per heavy atom. The van der Waals surface area contributed by atoms with Crippen molar-refractivity contribution in [2.45, 2.75) is 45.8 Å². The minimum absolute atomic E-state index is 0.479. The van der Waals surface area contributed by atoms with Gasteiger partial charge in [0.15, 0.2) is 5.96 Å². The quantitative estimate of drug-likeness (QED) is 0.548. The van der Waals surface area contributed by atoms with E-state index in [0.717, 1.165) is 50.7 Å². The first-order chi connectivity index (χ1) is 13.7. The summed E-state index contributed by atoms with van der Waals surface area (Å²) in [5.74, 6) is 1.84. The number of hydrogen-bond acceptors (Lipinski definition) is 4. The van der Waals surface area contributed by atoms with Gasteiger partial charge in [0.25, 0.3) is 0 Å². The lowest BCUT2D eigenvalue weighted by molar-refractivity contribution is 0.198. The number of likely N-dealkylation sites (tertiary alicyclic amines) is 1. The molecule has 0 bridgehead atoms. The highest BCUT2D eigenvalue weighted by Gasteiger charge is 2.20. The van der Waals surface area contributed by atoms with Crippen molar-refractivity contribution >= 4 is 17.3 Å². The van der Waals surface area contributed by atoms with Crippen LogP contribution in [0.3, 0.4) is 0 Å². The van der Waals surface area contributed by atoms with Crippen LogP contribution in [0.1, 0.15) is 36.5 Å². The summed E-state index contributed by atoms with van der Waals surface area (Å²) in [5, 5.41) is 11.4. The Bertz CT molecular complexity index is 752. The maximum atomic E-state index is 5.62. The molecule has 5 nitrogen and oxygen atoms in total. The summed E-state index contributed by atoms with van der Waals surface area (Å²) in [6, 6.07) is 9.04. The molecule has 0 unspecified atom stereocenters. The summed E-state index contributed by atoms with van der Waals surface area (Å²) in [6.45, 7) is 8.87. The molecule has 1 aliphatic heterocycles. The van der Waals surface area contributed by atoms with Crippen LogP contribution in [0.15, 0.2) is 40.0 Å². The van der Waals surface area contributed by atoms with Gasteiger partial charge in [-0.05, 0) is 66.3 Å². The molecule has 28 heavy (non-hydrogen) atoms. The van der Waals surface area contributed by atoms with Crippen LogP contribution in [0.25, 0.3) is 0 Å². The van der Waals surface area contributed by atoms with Gasteiger partial charge in [-0.15, -0.1) is 0 Å². The number of thiophene rings is 1. The molecule has 0 radical (unpaired) electrons. The molecule has 0 spiro atoms. The number of aryl methyl sites for hydroxylation is 1. The average Bonchev–Trinajstić information content (AvgIpc) is 3.21. The van der Waals surface area contributed by atoms with Crippen molar-refractivity contribution in [3.05, 3.63) is 51.7 Å². The summed E-state index contributed by atoms with van der Waals surface area (Å²) in [7, 11) is 1.84. The molecule has 1 aliphatic rings. The molecule has 0 atom stereocenters. The van der Waals surface area contributed by atoms with Gasteiger partial charge in [-0.25, -0.2) is 0 Å². The fourth-order valence-corrected chi connectivity index (χ4v) is 4.25. The summed E-state index contributed by atoms with van der Waals surface area (Å²) < 4.78 is 5.62. The van der Waals surface area contributed by atoms with E-state index in [0.29, 0.717) is 12.6 Å². The second-order valence-electron chi connectivity index (χ2n) is 7.28. The number of nitrogens with zero attached hydrogens (tertiary/aromatic N) is 2. The van der Waals surface area contributed by atoms with Crippen molar-refractivity contribution in [3.8, 4) is 5.75 Å². The van der Waals surface area contributed by atoms with E-state index in [4.69, 9.17) is 4.74 Å². The van der Waals surface area contributed by atoms with E-state index in [9.17, 15) is 0 Å². The molecule has 2 heterocycles. The third kappa shape index (κ3) is 5.97. The van der Waals surface area contributed by atoms with Crippen molar-refractivity contribution in [2.75, 3.05) is 26.7 Å². The van der Waals surface area contributed by atoms with Gasteiger partial charge in [-0.2, -0.15) is 11.3 Å². The van der Waals surface area contributed by atoms with Crippen molar-refractivity contribution in [1.29, 1.82) is 0 Å². The molecule has 0 aliphatic carbocycles. The maximum absolute atomic E-state index is 5.62. The minimum atomic E-state index is 0.479. The number of nitrogens with one attached hydrogen (secondary N) is 2. The van der Waals surface area contributed by atoms with Crippen molar-refractivity contribution in [3.63, 3.8) is 0 Å². The summed E-state index contributed by atoms with van der Waals surface area (Å²) in [6.07, 6.45) is 2.29. The maximum Gasteiger partial charge on any atom is 0.191 e. The van der Waals surface area contributed by atoms with E-state index in [1.807, 2.05) is 14.0 Å². The first-order valence-corrected chi connectivity index (χ1v) is 11.0. The molecule has 3 rings (SSSR count). The topological polar surface area (TPSA) is 48.9 Å². The Kier molecular flexibility index (Phi) is 7.74. The Balaban J connectivity index is 1.43. The minimum Gasteiger partial charge on any atom is -0.494 e. The first-order valence-electron chi connectivity index (χ1n) is 10.1. The second kappa shape index (κ2) is 10.5. The van der Waals surface area contributed by atoms with Gasteiger partial charge in [0.2, 0.25) is 0 Å². The molecule has 6 heteroatoms. The molecule has 1 saturated heterocycles. The van der Waals surface area contributed by atoms with Crippen molar-refractivity contribution < 1.29 is 4.74 Å². The molecule has 2 N–H and O–H groups in total. The summed E-state index contributed by atoms with van der Waals surface area (Å²) >= 11 is 1.78. The molecule has 1 aromatic carbocycles. The van der Waals surface area contributed by atoms with Crippen LogP contribution in [-0.4, -0.2) is 43.6 Å². The average molecular weight is 401 g/mol. The van der Waals surface area contributed by atoms with Crippen LogP contribution in [-0.2, 0) is 13.1 Å². The van der Waals surface area contributed by atoms with Gasteiger partial charge in [0.1, 0.15) is 5.75 Å². The molecule has 152 valence electrons. The van der Waals surface area contributed by atoms with Crippen LogP contribution in [0.4, 0.5) is 0 Å². The zero-order valence-corrected chi connectivity index (χ0v) is 18.0. The lowest BCUT2D eigenvalue weighted by Gasteiger charge is -2.33. The fraction of sp³-hybridized carbons (Fsp3) is 0.500.